The maximum atomic E-state index is 12.8. The van der Waals surface area contributed by atoms with Gasteiger partial charge in [-0.1, -0.05) is 13.0 Å². The standard InChI is InChI=1S/C25H23N3O4S/c1-3-17-13-18(25(33-17)28-24(29)20-5-4-10-30-20)23(27-22-11-15(2)8-9-26-22)16-6-7-19-21(12-16)32-14-31-19/h4-13,23H,3,14H2,1-2H3,(H,26,27)(H,28,29). The zero-order valence-electron chi connectivity index (χ0n) is 18.3. The molecular weight excluding hydrogens is 438 g/mol. The lowest BCUT2D eigenvalue weighted by atomic mass is 9.99. The topological polar surface area (TPSA) is 85.6 Å². The largest absolute Gasteiger partial charge is 0.459 e. The molecule has 0 spiro atoms. The molecule has 1 aliphatic rings. The summed E-state index contributed by atoms with van der Waals surface area (Å²) in [7, 11) is 0. The molecule has 0 aliphatic carbocycles. The second kappa shape index (κ2) is 8.99. The number of carbonyl (C=O) groups excluding carboxylic acids is 1. The number of anilines is 2. The van der Waals surface area contributed by atoms with Gasteiger partial charge in [0.2, 0.25) is 6.79 Å². The average molecular weight is 462 g/mol. The van der Waals surface area contributed by atoms with Gasteiger partial charge in [-0.2, -0.15) is 0 Å². The Hall–Kier alpha value is -3.78. The summed E-state index contributed by atoms with van der Waals surface area (Å²) in [4.78, 5) is 18.4. The van der Waals surface area contributed by atoms with Crippen LogP contribution in [-0.2, 0) is 6.42 Å². The van der Waals surface area contributed by atoms with Crippen molar-refractivity contribution in [1.82, 2.24) is 4.98 Å². The molecular formula is C25H23N3O4S. The van der Waals surface area contributed by atoms with Gasteiger partial charge in [-0.15, -0.1) is 11.3 Å². The number of ether oxygens (including phenoxy) is 2. The average Bonchev–Trinajstić information content (AvgIpc) is 3.58. The number of nitrogens with one attached hydrogen (secondary N) is 2. The lowest BCUT2D eigenvalue weighted by molar-refractivity contribution is 0.0997. The molecule has 0 radical (unpaired) electrons. The van der Waals surface area contributed by atoms with Crippen LogP contribution in [0.15, 0.2) is 65.4 Å². The van der Waals surface area contributed by atoms with Gasteiger partial charge >= 0.3 is 0 Å². The Morgan fingerprint density at radius 1 is 1.15 bits per heavy atom. The molecule has 4 heterocycles. The van der Waals surface area contributed by atoms with Crippen molar-refractivity contribution in [3.63, 3.8) is 0 Å². The molecule has 0 bridgehead atoms. The minimum absolute atomic E-state index is 0.208. The van der Waals surface area contributed by atoms with E-state index < -0.39 is 0 Å². The first-order valence-electron chi connectivity index (χ1n) is 10.7. The summed E-state index contributed by atoms with van der Waals surface area (Å²) in [6, 6.07) is 15.0. The second-order valence-electron chi connectivity index (χ2n) is 7.69. The molecule has 168 valence electrons. The molecule has 7 nitrogen and oxygen atoms in total. The molecule has 3 aromatic heterocycles. The molecule has 1 aliphatic heterocycles. The Morgan fingerprint density at radius 2 is 2.03 bits per heavy atom. The van der Waals surface area contributed by atoms with Crippen LogP contribution in [0.3, 0.4) is 0 Å². The molecule has 1 unspecified atom stereocenters. The lowest BCUT2D eigenvalue weighted by Gasteiger charge is -2.21. The van der Waals surface area contributed by atoms with E-state index in [-0.39, 0.29) is 24.5 Å². The summed E-state index contributed by atoms with van der Waals surface area (Å²) >= 11 is 1.56. The van der Waals surface area contributed by atoms with Gasteiger partial charge in [0.05, 0.1) is 12.3 Å². The number of amides is 1. The highest BCUT2D eigenvalue weighted by molar-refractivity contribution is 7.16. The minimum Gasteiger partial charge on any atom is -0.459 e. The predicted octanol–water partition coefficient (Wildman–Crippen LogP) is 5.79. The Kier molecular flexibility index (Phi) is 5.75. The van der Waals surface area contributed by atoms with Gasteiger partial charge < -0.3 is 24.5 Å². The molecule has 0 saturated heterocycles. The summed E-state index contributed by atoms with van der Waals surface area (Å²) in [6.45, 7) is 4.33. The number of aryl methyl sites for hydroxylation is 2. The third kappa shape index (κ3) is 4.42. The lowest BCUT2D eigenvalue weighted by Crippen LogP contribution is -2.17. The highest BCUT2D eigenvalue weighted by Gasteiger charge is 2.25. The van der Waals surface area contributed by atoms with Crippen LogP contribution in [0.5, 0.6) is 11.5 Å². The SMILES string of the molecule is CCc1cc(C(Nc2cc(C)ccn2)c2ccc3c(c2)OCO3)c(NC(=O)c2ccco2)s1. The molecule has 0 saturated carbocycles. The molecule has 33 heavy (non-hydrogen) atoms. The quantitative estimate of drug-likeness (QED) is 0.362. The van der Waals surface area contributed by atoms with Gasteiger partial charge in [0.15, 0.2) is 17.3 Å². The van der Waals surface area contributed by atoms with Gasteiger partial charge in [-0.3, -0.25) is 4.79 Å². The highest BCUT2D eigenvalue weighted by Crippen LogP contribution is 2.41. The number of pyridine rings is 1. The van der Waals surface area contributed by atoms with E-state index in [0.29, 0.717) is 5.75 Å². The minimum atomic E-state index is -0.288. The van der Waals surface area contributed by atoms with Crippen molar-refractivity contribution in [2.24, 2.45) is 0 Å². The Balaban J connectivity index is 1.57. The van der Waals surface area contributed by atoms with Crippen molar-refractivity contribution in [1.29, 1.82) is 0 Å². The van der Waals surface area contributed by atoms with E-state index >= 15 is 0 Å². The molecule has 1 atom stereocenters. The smallest absolute Gasteiger partial charge is 0.291 e. The number of thiophene rings is 1. The van der Waals surface area contributed by atoms with E-state index in [9.17, 15) is 4.79 Å². The summed E-state index contributed by atoms with van der Waals surface area (Å²) in [5.74, 6) is 2.13. The number of hydrogen-bond acceptors (Lipinski definition) is 7. The zero-order chi connectivity index (χ0) is 22.8. The molecule has 1 amide bonds. The van der Waals surface area contributed by atoms with Crippen LogP contribution in [0.1, 0.15) is 45.1 Å². The number of furan rings is 1. The van der Waals surface area contributed by atoms with Crippen molar-refractivity contribution in [3.05, 3.63) is 88.3 Å². The maximum Gasteiger partial charge on any atom is 0.291 e. The van der Waals surface area contributed by atoms with E-state index in [1.54, 1.807) is 29.7 Å². The number of benzene rings is 1. The molecule has 4 aromatic rings. The first kappa shape index (κ1) is 21.1. The fourth-order valence-corrected chi connectivity index (χ4v) is 4.74. The Bertz CT molecular complexity index is 1280. The van der Waals surface area contributed by atoms with Crippen molar-refractivity contribution in [3.8, 4) is 11.5 Å². The second-order valence-corrected chi connectivity index (χ2v) is 8.83. The highest BCUT2D eigenvalue weighted by atomic mass is 32.1. The maximum absolute atomic E-state index is 12.8. The van der Waals surface area contributed by atoms with Gasteiger partial charge in [-0.05, 0) is 66.9 Å². The van der Waals surface area contributed by atoms with Crippen LogP contribution in [-0.4, -0.2) is 17.7 Å². The van der Waals surface area contributed by atoms with E-state index in [1.807, 2.05) is 37.3 Å². The third-order valence-corrected chi connectivity index (χ3v) is 6.59. The summed E-state index contributed by atoms with van der Waals surface area (Å²) < 4.78 is 16.4. The molecule has 1 aromatic carbocycles. The van der Waals surface area contributed by atoms with E-state index in [0.717, 1.165) is 44.6 Å². The Labute approximate surface area is 195 Å². The van der Waals surface area contributed by atoms with Crippen molar-refractivity contribution >= 4 is 28.1 Å². The normalized spacial score (nSPS) is 13.0. The van der Waals surface area contributed by atoms with Gasteiger partial charge in [-0.25, -0.2) is 4.98 Å². The van der Waals surface area contributed by atoms with Crippen molar-refractivity contribution in [2.75, 3.05) is 17.4 Å². The monoisotopic (exact) mass is 461 g/mol. The van der Waals surface area contributed by atoms with Crippen molar-refractivity contribution < 1.29 is 18.7 Å². The van der Waals surface area contributed by atoms with Crippen LogP contribution in [0, 0.1) is 6.92 Å². The number of rotatable bonds is 7. The van der Waals surface area contributed by atoms with Crippen LogP contribution < -0.4 is 20.1 Å². The first-order chi connectivity index (χ1) is 16.1. The van der Waals surface area contributed by atoms with Crippen LogP contribution in [0.4, 0.5) is 10.8 Å². The van der Waals surface area contributed by atoms with Crippen LogP contribution in [0.25, 0.3) is 0 Å². The van der Waals surface area contributed by atoms with E-state index in [4.69, 9.17) is 13.9 Å². The summed E-state index contributed by atoms with van der Waals surface area (Å²) in [5.41, 5.74) is 3.01. The van der Waals surface area contributed by atoms with Gasteiger partial charge in [0.25, 0.3) is 5.91 Å². The fraction of sp³-hybridized carbons (Fsp3) is 0.200. The number of nitrogens with zero attached hydrogens (tertiary/aromatic N) is 1. The van der Waals surface area contributed by atoms with E-state index in [2.05, 4.69) is 28.6 Å². The number of aromatic nitrogens is 1. The molecule has 5 rings (SSSR count). The number of hydrogen-bond donors (Lipinski definition) is 2. The predicted molar refractivity (Wildman–Crippen MR) is 127 cm³/mol. The van der Waals surface area contributed by atoms with Crippen LogP contribution in [0.2, 0.25) is 0 Å². The van der Waals surface area contributed by atoms with Gasteiger partial charge in [0.1, 0.15) is 10.8 Å². The van der Waals surface area contributed by atoms with E-state index in [1.165, 1.54) is 6.26 Å². The van der Waals surface area contributed by atoms with Crippen molar-refractivity contribution in [2.45, 2.75) is 26.3 Å². The fourth-order valence-electron chi connectivity index (χ4n) is 3.71. The molecule has 2 N–H and O–H groups in total. The zero-order valence-corrected chi connectivity index (χ0v) is 19.1. The first-order valence-corrected chi connectivity index (χ1v) is 11.5. The summed E-state index contributed by atoms with van der Waals surface area (Å²) in [5, 5.41) is 7.35. The Morgan fingerprint density at radius 3 is 2.82 bits per heavy atom. The van der Waals surface area contributed by atoms with Crippen LogP contribution >= 0.6 is 11.3 Å². The van der Waals surface area contributed by atoms with Gasteiger partial charge in [0, 0.05) is 16.6 Å². The number of fused-ring (bicyclic) bond motifs is 1. The molecule has 8 heteroatoms. The molecule has 0 fully saturated rings. The third-order valence-electron chi connectivity index (χ3n) is 5.38. The number of carbonyl (C=O) groups is 1. The summed E-state index contributed by atoms with van der Waals surface area (Å²) in [6.07, 6.45) is 4.12.